The number of allylic oxidation sites excluding steroid dienone is 1. The third-order valence-electron chi connectivity index (χ3n) is 4.43. The van der Waals surface area contributed by atoms with Crippen molar-refractivity contribution in [1.29, 1.82) is 0 Å². The Morgan fingerprint density at radius 2 is 1.82 bits per heavy atom. The maximum atomic E-state index is 4.10. The molecule has 0 aromatic heterocycles. The fourth-order valence-electron chi connectivity index (χ4n) is 3.18. The highest BCUT2D eigenvalue weighted by Crippen LogP contribution is 2.41. The SMILES string of the molecule is C=CC(C)(Cc1ccccc1)C1CCCCC1. The van der Waals surface area contributed by atoms with E-state index in [1.807, 2.05) is 0 Å². The van der Waals surface area contributed by atoms with Gasteiger partial charge < -0.3 is 0 Å². The van der Waals surface area contributed by atoms with Gasteiger partial charge in [-0.15, -0.1) is 6.58 Å². The molecule has 1 aromatic carbocycles. The van der Waals surface area contributed by atoms with Crippen LogP contribution < -0.4 is 0 Å². The first-order chi connectivity index (χ1) is 8.24. The van der Waals surface area contributed by atoms with Crippen LogP contribution >= 0.6 is 0 Å². The van der Waals surface area contributed by atoms with E-state index in [4.69, 9.17) is 0 Å². The number of hydrogen-bond acceptors (Lipinski definition) is 0. The molecule has 17 heavy (non-hydrogen) atoms. The van der Waals surface area contributed by atoms with Crippen LogP contribution in [0, 0.1) is 11.3 Å². The number of benzene rings is 1. The van der Waals surface area contributed by atoms with Crippen LogP contribution in [0.15, 0.2) is 43.0 Å². The minimum absolute atomic E-state index is 0.280. The van der Waals surface area contributed by atoms with Crippen LogP contribution in [0.3, 0.4) is 0 Å². The quantitative estimate of drug-likeness (QED) is 0.636. The van der Waals surface area contributed by atoms with Crippen LogP contribution in [0.1, 0.15) is 44.6 Å². The highest BCUT2D eigenvalue weighted by Gasteiger charge is 2.32. The van der Waals surface area contributed by atoms with E-state index < -0.39 is 0 Å². The molecule has 0 heteroatoms. The molecule has 0 aliphatic heterocycles. The van der Waals surface area contributed by atoms with E-state index in [-0.39, 0.29) is 5.41 Å². The highest BCUT2D eigenvalue weighted by atomic mass is 14.4. The predicted molar refractivity (Wildman–Crippen MR) is 75.0 cm³/mol. The Bertz CT molecular complexity index is 346. The van der Waals surface area contributed by atoms with Crippen molar-refractivity contribution < 1.29 is 0 Å². The Morgan fingerprint density at radius 1 is 1.18 bits per heavy atom. The molecule has 0 N–H and O–H groups in total. The normalized spacial score (nSPS) is 20.8. The van der Waals surface area contributed by atoms with Gasteiger partial charge in [-0.05, 0) is 36.2 Å². The zero-order valence-electron chi connectivity index (χ0n) is 11.0. The molecule has 0 saturated heterocycles. The maximum Gasteiger partial charge on any atom is -0.00806 e. The van der Waals surface area contributed by atoms with E-state index in [9.17, 15) is 0 Å². The molecule has 0 amide bonds. The summed E-state index contributed by atoms with van der Waals surface area (Å²) >= 11 is 0. The van der Waals surface area contributed by atoms with Crippen molar-refractivity contribution in [2.45, 2.75) is 45.4 Å². The van der Waals surface area contributed by atoms with Crippen LogP contribution in [0.5, 0.6) is 0 Å². The standard InChI is InChI=1S/C17H24/c1-3-17(2,16-12-8-5-9-13-16)14-15-10-6-4-7-11-15/h3-4,6-7,10-11,16H,1,5,8-9,12-14H2,2H3. The van der Waals surface area contributed by atoms with Crippen molar-refractivity contribution in [2.75, 3.05) is 0 Å². The summed E-state index contributed by atoms with van der Waals surface area (Å²) in [5, 5.41) is 0. The molecular formula is C17H24. The van der Waals surface area contributed by atoms with Crippen LogP contribution in [0.25, 0.3) is 0 Å². The highest BCUT2D eigenvalue weighted by molar-refractivity contribution is 5.18. The Hall–Kier alpha value is -1.04. The van der Waals surface area contributed by atoms with E-state index in [1.165, 1.54) is 37.7 Å². The third-order valence-corrected chi connectivity index (χ3v) is 4.43. The Kier molecular flexibility index (Phi) is 4.04. The van der Waals surface area contributed by atoms with Gasteiger partial charge in [0.2, 0.25) is 0 Å². The molecule has 0 bridgehead atoms. The number of rotatable bonds is 4. The molecule has 1 atom stereocenters. The first kappa shape index (κ1) is 12.4. The first-order valence-corrected chi connectivity index (χ1v) is 6.92. The summed E-state index contributed by atoms with van der Waals surface area (Å²) in [5.74, 6) is 0.828. The van der Waals surface area contributed by atoms with Crippen molar-refractivity contribution in [3.63, 3.8) is 0 Å². The van der Waals surface area contributed by atoms with E-state index in [1.54, 1.807) is 0 Å². The summed E-state index contributed by atoms with van der Waals surface area (Å²) in [6.07, 6.45) is 10.4. The van der Waals surface area contributed by atoms with E-state index in [0.29, 0.717) is 0 Å². The van der Waals surface area contributed by atoms with Crippen LogP contribution in [-0.4, -0.2) is 0 Å². The summed E-state index contributed by atoms with van der Waals surface area (Å²) < 4.78 is 0. The molecule has 0 radical (unpaired) electrons. The molecule has 1 aliphatic rings. The lowest BCUT2D eigenvalue weighted by molar-refractivity contribution is 0.189. The topological polar surface area (TPSA) is 0 Å². The second-order valence-electron chi connectivity index (χ2n) is 5.71. The fourth-order valence-corrected chi connectivity index (χ4v) is 3.18. The lowest BCUT2D eigenvalue weighted by Crippen LogP contribution is -2.29. The average Bonchev–Trinajstić information content (AvgIpc) is 2.41. The van der Waals surface area contributed by atoms with Crippen molar-refractivity contribution in [3.05, 3.63) is 48.6 Å². The predicted octanol–water partition coefficient (Wildman–Crippen LogP) is 5.00. The Labute approximate surface area is 106 Å². The van der Waals surface area contributed by atoms with Gasteiger partial charge in [-0.2, -0.15) is 0 Å². The van der Waals surface area contributed by atoms with Crippen molar-refractivity contribution in [3.8, 4) is 0 Å². The van der Waals surface area contributed by atoms with Gasteiger partial charge in [0, 0.05) is 0 Å². The van der Waals surface area contributed by atoms with Gasteiger partial charge in [0.05, 0.1) is 0 Å². The van der Waals surface area contributed by atoms with Crippen LogP contribution in [0.2, 0.25) is 0 Å². The van der Waals surface area contributed by atoms with Crippen molar-refractivity contribution in [1.82, 2.24) is 0 Å². The van der Waals surface area contributed by atoms with Gasteiger partial charge in [0.1, 0.15) is 0 Å². The van der Waals surface area contributed by atoms with Gasteiger partial charge in [0.15, 0.2) is 0 Å². The first-order valence-electron chi connectivity index (χ1n) is 6.92. The average molecular weight is 228 g/mol. The molecular weight excluding hydrogens is 204 g/mol. The van der Waals surface area contributed by atoms with Gasteiger partial charge in [-0.25, -0.2) is 0 Å². The maximum absolute atomic E-state index is 4.10. The molecule has 2 rings (SSSR count). The molecule has 1 aliphatic carbocycles. The fraction of sp³-hybridized carbons (Fsp3) is 0.529. The lowest BCUT2D eigenvalue weighted by atomic mass is 9.67. The smallest absolute Gasteiger partial charge is 0.00806 e. The van der Waals surface area contributed by atoms with Gasteiger partial charge in [-0.1, -0.05) is 62.6 Å². The molecule has 0 spiro atoms. The van der Waals surface area contributed by atoms with Crippen molar-refractivity contribution >= 4 is 0 Å². The molecule has 1 fully saturated rings. The zero-order valence-corrected chi connectivity index (χ0v) is 11.0. The second kappa shape index (κ2) is 5.53. The summed E-state index contributed by atoms with van der Waals surface area (Å²) in [6.45, 7) is 6.50. The monoisotopic (exact) mass is 228 g/mol. The third kappa shape index (κ3) is 3.00. The zero-order chi connectivity index (χ0) is 12.1. The van der Waals surface area contributed by atoms with Gasteiger partial charge in [0.25, 0.3) is 0 Å². The molecule has 0 nitrogen and oxygen atoms in total. The van der Waals surface area contributed by atoms with E-state index in [0.717, 1.165) is 12.3 Å². The van der Waals surface area contributed by atoms with Gasteiger partial charge in [-0.3, -0.25) is 0 Å². The van der Waals surface area contributed by atoms with Crippen LogP contribution in [0.4, 0.5) is 0 Å². The second-order valence-corrected chi connectivity index (χ2v) is 5.71. The molecule has 1 unspecified atom stereocenters. The largest absolute Gasteiger partial charge is 0.103 e. The summed E-state index contributed by atoms with van der Waals surface area (Å²) in [5.41, 5.74) is 1.72. The molecule has 92 valence electrons. The minimum atomic E-state index is 0.280. The van der Waals surface area contributed by atoms with Gasteiger partial charge >= 0.3 is 0 Å². The molecule has 0 heterocycles. The molecule has 1 saturated carbocycles. The minimum Gasteiger partial charge on any atom is -0.103 e. The Morgan fingerprint density at radius 3 is 2.41 bits per heavy atom. The molecule has 1 aromatic rings. The summed E-state index contributed by atoms with van der Waals surface area (Å²) in [4.78, 5) is 0. The van der Waals surface area contributed by atoms with E-state index >= 15 is 0 Å². The van der Waals surface area contributed by atoms with Crippen molar-refractivity contribution in [2.24, 2.45) is 11.3 Å². The van der Waals surface area contributed by atoms with Crippen LogP contribution in [-0.2, 0) is 6.42 Å². The summed E-state index contributed by atoms with van der Waals surface area (Å²) in [6, 6.07) is 10.9. The number of hydrogen-bond donors (Lipinski definition) is 0. The Balaban J connectivity index is 2.10. The summed E-state index contributed by atoms with van der Waals surface area (Å²) in [7, 11) is 0. The lowest BCUT2D eigenvalue weighted by Gasteiger charge is -2.38. The van der Waals surface area contributed by atoms with E-state index in [2.05, 4.69) is 49.9 Å².